The van der Waals surface area contributed by atoms with Crippen molar-refractivity contribution in [2.24, 2.45) is 5.10 Å². The van der Waals surface area contributed by atoms with E-state index in [0.29, 0.717) is 15.6 Å². The highest BCUT2D eigenvalue weighted by molar-refractivity contribution is 6.36. The average molecular weight is 311 g/mol. The molecule has 2 aromatic carbocycles. The molecule has 6 heteroatoms. The Bertz CT molecular complexity index is 674. The van der Waals surface area contributed by atoms with E-state index in [2.05, 4.69) is 10.5 Å². The molecule has 0 heterocycles. The van der Waals surface area contributed by atoms with Crippen molar-refractivity contribution in [1.29, 1.82) is 0 Å². The molecular weight excluding hydrogens is 302 g/mol. The molecule has 0 spiro atoms. The highest BCUT2D eigenvalue weighted by Gasteiger charge is 2.04. The third kappa shape index (κ3) is 3.79. The van der Waals surface area contributed by atoms with Crippen molar-refractivity contribution in [1.82, 2.24) is 5.43 Å². The zero-order valence-corrected chi connectivity index (χ0v) is 11.6. The van der Waals surface area contributed by atoms with Gasteiger partial charge in [-0.3, -0.25) is 4.79 Å². The van der Waals surface area contributed by atoms with Gasteiger partial charge in [0.25, 0.3) is 5.91 Å². The first-order valence-corrected chi connectivity index (χ1v) is 6.36. The molecule has 0 aliphatic heterocycles. The fourth-order valence-corrected chi connectivity index (χ4v) is 1.92. The van der Waals surface area contributed by atoms with E-state index in [1.54, 1.807) is 18.2 Å². The number of rotatable bonds is 3. The van der Waals surface area contributed by atoms with Crippen molar-refractivity contribution in [2.45, 2.75) is 0 Å². The molecule has 0 atom stereocenters. The van der Waals surface area contributed by atoms with Gasteiger partial charge >= 0.3 is 0 Å². The summed E-state index contributed by atoms with van der Waals surface area (Å²) in [6, 6.07) is 10.2. The summed E-state index contributed by atoms with van der Waals surface area (Å²) in [5, 5.41) is 4.69. The summed E-state index contributed by atoms with van der Waals surface area (Å²) in [6.07, 6.45) is 1.38. The number of amides is 1. The summed E-state index contributed by atoms with van der Waals surface area (Å²) in [5.41, 5.74) is 3.08. The van der Waals surface area contributed by atoms with E-state index in [9.17, 15) is 9.18 Å². The van der Waals surface area contributed by atoms with Gasteiger partial charge in [-0.1, -0.05) is 35.3 Å². The maximum Gasteiger partial charge on any atom is 0.271 e. The lowest BCUT2D eigenvalue weighted by atomic mass is 10.2. The zero-order valence-electron chi connectivity index (χ0n) is 10.1. The van der Waals surface area contributed by atoms with Crippen LogP contribution >= 0.6 is 23.2 Å². The molecule has 102 valence electrons. The van der Waals surface area contributed by atoms with Crippen LogP contribution in [0.5, 0.6) is 0 Å². The number of nitrogens with zero attached hydrogens (tertiary/aromatic N) is 1. The molecule has 1 amide bonds. The molecular formula is C14H9Cl2FN2O. The lowest BCUT2D eigenvalue weighted by Crippen LogP contribution is -2.17. The van der Waals surface area contributed by atoms with Gasteiger partial charge in [-0.2, -0.15) is 5.10 Å². The number of hydrogen-bond acceptors (Lipinski definition) is 2. The van der Waals surface area contributed by atoms with Crippen LogP contribution in [0, 0.1) is 5.82 Å². The van der Waals surface area contributed by atoms with E-state index in [1.165, 1.54) is 24.4 Å². The lowest BCUT2D eigenvalue weighted by molar-refractivity contribution is 0.0954. The number of halogens is 3. The van der Waals surface area contributed by atoms with Gasteiger partial charge in [0.1, 0.15) is 5.82 Å². The Morgan fingerprint density at radius 3 is 2.70 bits per heavy atom. The fraction of sp³-hybridized carbons (Fsp3) is 0. The van der Waals surface area contributed by atoms with Crippen LogP contribution in [0.2, 0.25) is 10.0 Å². The van der Waals surface area contributed by atoms with Crippen molar-refractivity contribution in [3.8, 4) is 0 Å². The first-order chi connectivity index (χ1) is 9.56. The first-order valence-electron chi connectivity index (χ1n) is 5.60. The van der Waals surface area contributed by atoms with Gasteiger partial charge in [0.2, 0.25) is 0 Å². The minimum atomic E-state index is -0.508. The third-order valence-corrected chi connectivity index (χ3v) is 2.98. The van der Waals surface area contributed by atoms with Gasteiger partial charge in [-0.05, 0) is 30.3 Å². The molecule has 0 fully saturated rings. The molecule has 0 aliphatic rings. The van der Waals surface area contributed by atoms with Gasteiger partial charge in [-0.15, -0.1) is 0 Å². The zero-order chi connectivity index (χ0) is 14.5. The number of nitrogens with one attached hydrogen (secondary N) is 1. The van der Waals surface area contributed by atoms with E-state index in [4.69, 9.17) is 23.2 Å². The normalized spacial score (nSPS) is 10.8. The van der Waals surface area contributed by atoms with Crippen LogP contribution in [0.3, 0.4) is 0 Å². The number of hydrogen-bond donors (Lipinski definition) is 1. The monoisotopic (exact) mass is 310 g/mol. The molecule has 0 radical (unpaired) electrons. The van der Waals surface area contributed by atoms with Crippen molar-refractivity contribution < 1.29 is 9.18 Å². The Morgan fingerprint density at radius 2 is 2.00 bits per heavy atom. The molecule has 0 unspecified atom stereocenters. The average Bonchev–Trinajstić information content (AvgIpc) is 2.41. The SMILES string of the molecule is O=C(N/N=C/c1ccc(Cl)cc1Cl)c1cccc(F)c1. The van der Waals surface area contributed by atoms with E-state index in [-0.39, 0.29) is 5.56 Å². The minimum absolute atomic E-state index is 0.185. The van der Waals surface area contributed by atoms with Crippen LogP contribution in [0.1, 0.15) is 15.9 Å². The fourth-order valence-electron chi connectivity index (χ4n) is 1.46. The molecule has 20 heavy (non-hydrogen) atoms. The quantitative estimate of drug-likeness (QED) is 0.678. The second-order valence-electron chi connectivity index (χ2n) is 3.88. The summed E-state index contributed by atoms with van der Waals surface area (Å²) in [5.74, 6) is -0.992. The second kappa shape index (κ2) is 6.50. The predicted octanol–water partition coefficient (Wildman–Crippen LogP) is 3.90. The minimum Gasteiger partial charge on any atom is -0.267 e. The molecule has 2 rings (SSSR count). The molecule has 0 saturated heterocycles. The third-order valence-electron chi connectivity index (χ3n) is 2.42. The smallest absolute Gasteiger partial charge is 0.267 e. The highest BCUT2D eigenvalue weighted by Crippen LogP contribution is 2.19. The summed E-state index contributed by atoms with van der Waals surface area (Å²) in [7, 11) is 0. The molecule has 2 aromatic rings. The Balaban J connectivity index is 2.04. The van der Waals surface area contributed by atoms with Crippen LogP contribution in [-0.4, -0.2) is 12.1 Å². The topological polar surface area (TPSA) is 41.5 Å². The van der Waals surface area contributed by atoms with E-state index >= 15 is 0 Å². The van der Waals surface area contributed by atoms with Gasteiger partial charge in [0.15, 0.2) is 0 Å². The van der Waals surface area contributed by atoms with Crippen LogP contribution in [0.4, 0.5) is 4.39 Å². The van der Waals surface area contributed by atoms with E-state index in [1.807, 2.05) is 0 Å². The van der Waals surface area contributed by atoms with Gasteiger partial charge in [-0.25, -0.2) is 9.82 Å². The van der Waals surface area contributed by atoms with Crippen LogP contribution < -0.4 is 5.43 Å². The summed E-state index contributed by atoms with van der Waals surface area (Å²) < 4.78 is 13.0. The van der Waals surface area contributed by atoms with Crippen molar-refractivity contribution in [2.75, 3.05) is 0 Å². The largest absolute Gasteiger partial charge is 0.271 e. The van der Waals surface area contributed by atoms with Crippen molar-refractivity contribution in [3.63, 3.8) is 0 Å². The second-order valence-corrected chi connectivity index (χ2v) is 4.72. The van der Waals surface area contributed by atoms with Crippen LogP contribution in [-0.2, 0) is 0 Å². The number of hydrazone groups is 1. The Morgan fingerprint density at radius 1 is 1.20 bits per heavy atom. The number of carbonyl (C=O) groups is 1. The van der Waals surface area contributed by atoms with Gasteiger partial charge in [0.05, 0.1) is 11.2 Å². The maximum atomic E-state index is 13.0. The Kier molecular flexibility index (Phi) is 4.71. The molecule has 0 bridgehead atoms. The molecule has 0 aliphatic carbocycles. The highest BCUT2D eigenvalue weighted by atomic mass is 35.5. The standard InChI is InChI=1S/C14H9Cl2FN2O/c15-11-5-4-10(13(16)7-11)8-18-19-14(20)9-2-1-3-12(17)6-9/h1-8H,(H,19,20)/b18-8+. The summed E-state index contributed by atoms with van der Waals surface area (Å²) in [4.78, 5) is 11.7. The molecule has 0 saturated carbocycles. The van der Waals surface area contributed by atoms with E-state index in [0.717, 1.165) is 6.07 Å². The molecule has 3 nitrogen and oxygen atoms in total. The molecule has 1 N–H and O–H groups in total. The van der Waals surface area contributed by atoms with Crippen LogP contribution in [0.15, 0.2) is 47.6 Å². The number of benzene rings is 2. The van der Waals surface area contributed by atoms with E-state index < -0.39 is 11.7 Å². The van der Waals surface area contributed by atoms with Gasteiger partial charge in [0, 0.05) is 16.1 Å². The van der Waals surface area contributed by atoms with Crippen LogP contribution in [0.25, 0.3) is 0 Å². The van der Waals surface area contributed by atoms with Crippen molar-refractivity contribution in [3.05, 3.63) is 69.5 Å². The number of carbonyl (C=O) groups excluding carboxylic acids is 1. The Labute approximate surface area is 125 Å². The predicted molar refractivity (Wildman–Crippen MR) is 77.9 cm³/mol. The van der Waals surface area contributed by atoms with Crippen molar-refractivity contribution >= 4 is 35.3 Å². The maximum absolute atomic E-state index is 13.0. The molecule has 0 aromatic heterocycles. The lowest BCUT2D eigenvalue weighted by Gasteiger charge is -2.01. The summed E-state index contributed by atoms with van der Waals surface area (Å²) in [6.45, 7) is 0. The first kappa shape index (κ1) is 14.5. The van der Waals surface area contributed by atoms with Gasteiger partial charge < -0.3 is 0 Å². The Hall–Kier alpha value is -1.91. The summed E-state index contributed by atoms with van der Waals surface area (Å²) >= 11 is 11.7.